The van der Waals surface area contributed by atoms with Gasteiger partial charge < -0.3 is 5.32 Å². The van der Waals surface area contributed by atoms with E-state index in [0.29, 0.717) is 24.9 Å². The van der Waals surface area contributed by atoms with Crippen molar-refractivity contribution in [2.75, 3.05) is 0 Å². The fourth-order valence-electron chi connectivity index (χ4n) is 2.84. The summed E-state index contributed by atoms with van der Waals surface area (Å²) in [6.45, 7) is 0.371. The molecule has 0 atom stereocenters. The Bertz CT molecular complexity index is 638. The highest BCUT2D eigenvalue weighted by Crippen LogP contribution is 2.44. The molecule has 1 saturated carbocycles. The van der Waals surface area contributed by atoms with Crippen molar-refractivity contribution in [2.45, 2.75) is 31.2 Å². The van der Waals surface area contributed by atoms with Crippen LogP contribution in [0.5, 0.6) is 0 Å². The molecule has 1 aromatic heterocycles. The molecule has 0 aliphatic heterocycles. The van der Waals surface area contributed by atoms with Gasteiger partial charge in [-0.15, -0.1) is 0 Å². The summed E-state index contributed by atoms with van der Waals surface area (Å²) in [7, 11) is 0. The first-order valence-corrected chi connectivity index (χ1v) is 7.16. The van der Waals surface area contributed by atoms with Crippen LogP contribution in [-0.4, -0.2) is 10.9 Å². The summed E-state index contributed by atoms with van der Waals surface area (Å²) in [5, 5.41) is 2.90. The molecule has 1 fully saturated rings. The lowest BCUT2D eigenvalue weighted by atomic mass is 9.63. The van der Waals surface area contributed by atoms with Crippen LogP contribution >= 0.6 is 0 Å². The lowest BCUT2D eigenvalue weighted by Gasteiger charge is -2.40. The zero-order chi connectivity index (χ0) is 14.7. The number of nitrogens with one attached hydrogen (secondary N) is 1. The first-order chi connectivity index (χ1) is 10.2. The molecule has 0 bridgehead atoms. The number of benzene rings is 1. The summed E-state index contributed by atoms with van der Waals surface area (Å²) in [5.41, 5.74) is 0.601. The van der Waals surface area contributed by atoms with Gasteiger partial charge in [0.05, 0.1) is 17.7 Å². The molecule has 0 saturated heterocycles. The topological polar surface area (TPSA) is 42.0 Å². The molecular formula is C17H17FN2O. The molecule has 2 aromatic rings. The number of pyridine rings is 1. The van der Waals surface area contributed by atoms with Crippen molar-refractivity contribution in [1.82, 2.24) is 10.3 Å². The van der Waals surface area contributed by atoms with Gasteiger partial charge in [0.1, 0.15) is 5.82 Å². The number of nitrogens with zero attached hydrogens (tertiary/aromatic N) is 1. The van der Waals surface area contributed by atoms with Crippen LogP contribution in [-0.2, 0) is 16.8 Å². The molecule has 108 valence electrons. The zero-order valence-electron chi connectivity index (χ0n) is 11.7. The van der Waals surface area contributed by atoms with E-state index in [1.165, 1.54) is 6.07 Å². The number of aromatic nitrogens is 1. The second-order valence-corrected chi connectivity index (χ2v) is 5.42. The third-order valence-corrected chi connectivity index (χ3v) is 4.19. The Morgan fingerprint density at radius 1 is 1.19 bits per heavy atom. The van der Waals surface area contributed by atoms with Crippen LogP contribution in [0.1, 0.15) is 30.5 Å². The van der Waals surface area contributed by atoms with E-state index < -0.39 is 5.41 Å². The molecule has 4 heteroatoms. The van der Waals surface area contributed by atoms with E-state index >= 15 is 0 Å². The molecule has 0 spiro atoms. The average Bonchev–Trinajstić information content (AvgIpc) is 2.47. The van der Waals surface area contributed by atoms with Crippen LogP contribution in [0.25, 0.3) is 0 Å². The zero-order valence-corrected chi connectivity index (χ0v) is 11.7. The Morgan fingerprint density at radius 3 is 2.57 bits per heavy atom. The van der Waals surface area contributed by atoms with Gasteiger partial charge in [-0.2, -0.15) is 0 Å². The molecule has 21 heavy (non-hydrogen) atoms. The molecule has 3 rings (SSSR count). The monoisotopic (exact) mass is 284 g/mol. The van der Waals surface area contributed by atoms with Gasteiger partial charge in [-0.05, 0) is 31.0 Å². The van der Waals surface area contributed by atoms with E-state index in [2.05, 4.69) is 10.3 Å². The molecule has 1 aliphatic carbocycles. The molecule has 1 heterocycles. The third-order valence-electron chi connectivity index (χ3n) is 4.19. The Balaban J connectivity index is 1.77. The molecular weight excluding hydrogens is 267 g/mol. The third kappa shape index (κ3) is 2.53. The van der Waals surface area contributed by atoms with Crippen molar-refractivity contribution in [3.63, 3.8) is 0 Å². The van der Waals surface area contributed by atoms with E-state index in [0.717, 1.165) is 12.1 Å². The van der Waals surface area contributed by atoms with Gasteiger partial charge in [-0.1, -0.05) is 30.7 Å². The maximum Gasteiger partial charge on any atom is 0.231 e. The lowest BCUT2D eigenvalue weighted by Crippen LogP contribution is -2.49. The van der Waals surface area contributed by atoms with Gasteiger partial charge in [-0.3, -0.25) is 9.78 Å². The van der Waals surface area contributed by atoms with Crippen molar-refractivity contribution in [1.29, 1.82) is 0 Å². The summed E-state index contributed by atoms with van der Waals surface area (Å²) < 4.78 is 14.0. The van der Waals surface area contributed by atoms with E-state index in [4.69, 9.17) is 0 Å². The highest BCUT2D eigenvalue weighted by Gasteiger charge is 2.46. The fourth-order valence-corrected chi connectivity index (χ4v) is 2.84. The summed E-state index contributed by atoms with van der Waals surface area (Å²) in [6, 6.07) is 12.1. The molecule has 1 N–H and O–H groups in total. The second-order valence-electron chi connectivity index (χ2n) is 5.42. The average molecular weight is 284 g/mol. The number of carbonyl (C=O) groups excluding carboxylic acids is 1. The van der Waals surface area contributed by atoms with E-state index in [1.807, 2.05) is 18.2 Å². The Kier molecular flexibility index (Phi) is 3.69. The Hall–Kier alpha value is -2.23. The maximum absolute atomic E-state index is 14.0. The van der Waals surface area contributed by atoms with Crippen molar-refractivity contribution in [3.8, 4) is 0 Å². The number of hydrogen-bond donors (Lipinski definition) is 1. The normalized spacial score (nSPS) is 16.0. The van der Waals surface area contributed by atoms with Gasteiger partial charge in [0.15, 0.2) is 0 Å². The molecule has 1 amide bonds. The fraction of sp³-hybridized carbons (Fsp3) is 0.294. The van der Waals surface area contributed by atoms with Crippen molar-refractivity contribution >= 4 is 5.91 Å². The first kappa shape index (κ1) is 13.7. The van der Waals surface area contributed by atoms with Crippen molar-refractivity contribution in [2.24, 2.45) is 0 Å². The number of amides is 1. The quantitative estimate of drug-likeness (QED) is 0.938. The largest absolute Gasteiger partial charge is 0.350 e. The second kappa shape index (κ2) is 5.64. The van der Waals surface area contributed by atoms with Crippen LogP contribution in [0.4, 0.5) is 4.39 Å². The van der Waals surface area contributed by atoms with E-state index in [1.54, 1.807) is 24.4 Å². The van der Waals surface area contributed by atoms with Crippen molar-refractivity contribution < 1.29 is 9.18 Å². The minimum absolute atomic E-state index is 0.107. The Labute approximate surface area is 123 Å². The molecule has 1 aromatic carbocycles. The summed E-state index contributed by atoms with van der Waals surface area (Å²) >= 11 is 0. The number of hydrogen-bond acceptors (Lipinski definition) is 2. The highest BCUT2D eigenvalue weighted by molar-refractivity contribution is 5.89. The molecule has 0 unspecified atom stereocenters. The minimum atomic E-state index is -0.708. The predicted octanol–water partition coefficient (Wildman–Crippen LogP) is 2.96. The smallest absolute Gasteiger partial charge is 0.231 e. The number of rotatable bonds is 4. The van der Waals surface area contributed by atoms with Gasteiger partial charge >= 0.3 is 0 Å². The van der Waals surface area contributed by atoms with Gasteiger partial charge in [0.2, 0.25) is 5.91 Å². The van der Waals surface area contributed by atoms with E-state index in [9.17, 15) is 9.18 Å². The van der Waals surface area contributed by atoms with Crippen LogP contribution in [0.3, 0.4) is 0 Å². The predicted molar refractivity (Wildman–Crippen MR) is 78.0 cm³/mol. The summed E-state index contributed by atoms with van der Waals surface area (Å²) in [4.78, 5) is 16.7. The Morgan fingerprint density at radius 2 is 1.95 bits per heavy atom. The van der Waals surface area contributed by atoms with Crippen LogP contribution in [0.2, 0.25) is 0 Å². The number of halogens is 1. The van der Waals surface area contributed by atoms with Crippen molar-refractivity contribution in [3.05, 3.63) is 65.7 Å². The summed E-state index contributed by atoms with van der Waals surface area (Å²) in [5.74, 6) is -0.408. The SMILES string of the molecule is O=C(NCc1ccccn1)C1(c2ccccc2F)CCC1. The first-order valence-electron chi connectivity index (χ1n) is 7.16. The van der Waals surface area contributed by atoms with Crippen LogP contribution < -0.4 is 5.32 Å². The van der Waals surface area contributed by atoms with Crippen LogP contribution in [0, 0.1) is 5.82 Å². The minimum Gasteiger partial charge on any atom is -0.350 e. The lowest BCUT2D eigenvalue weighted by molar-refractivity contribution is -0.130. The van der Waals surface area contributed by atoms with Gasteiger partial charge in [0.25, 0.3) is 0 Å². The molecule has 0 radical (unpaired) electrons. The van der Waals surface area contributed by atoms with Crippen LogP contribution in [0.15, 0.2) is 48.7 Å². The van der Waals surface area contributed by atoms with Gasteiger partial charge in [0, 0.05) is 11.8 Å². The summed E-state index contributed by atoms with van der Waals surface area (Å²) in [6.07, 6.45) is 4.03. The molecule has 3 nitrogen and oxygen atoms in total. The van der Waals surface area contributed by atoms with E-state index in [-0.39, 0.29) is 11.7 Å². The van der Waals surface area contributed by atoms with Gasteiger partial charge in [-0.25, -0.2) is 4.39 Å². The number of carbonyl (C=O) groups is 1. The standard InChI is InChI=1S/C17H17FN2O/c18-15-8-2-1-7-14(15)17(9-5-10-17)16(21)20-12-13-6-3-4-11-19-13/h1-4,6-8,11H,5,9-10,12H2,(H,20,21). The highest BCUT2D eigenvalue weighted by atomic mass is 19.1. The molecule has 1 aliphatic rings. The maximum atomic E-state index is 14.0.